The number of hydrogen-bond donors (Lipinski definition) is 0. The van der Waals surface area contributed by atoms with Crippen LogP contribution in [0.25, 0.3) is 0 Å². The van der Waals surface area contributed by atoms with Crippen LogP contribution in [-0.2, 0) is 10.2 Å². The van der Waals surface area contributed by atoms with Crippen LogP contribution in [0.2, 0.25) is 0 Å². The molecule has 0 N–H and O–H groups in total. The van der Waals surface area contributed by atoms with Gasteiger partial charge in [-0.1, -0.05) is 12.1 Å². The molecule has 2 rings (SSSR count). The molecule has 1 aromatic carbocycles. The maximum Gasteiger partial charge on any atom is 0.282 e. The van der Waals surface area contributed by atoms with E-state index in [0.717, 1.165) is 20.7 Å². The topological polar surface area (TPSA) is 53.5 Å². The van der Waals surface area contributed by atoms with Crippen molar-refractivity contribution < 1.29 is 17.2 Å². The van der Waals surface area contributed by atoms with Crippen molar-refractivity contribution in [1.82, 2.24) is 13.6 Å². The van der Waals surface area contributed by atoms with Gasteiger partial charge in [0.2, 0.25) is 0 Å². The minimum Gasteiger partial charge on any atom is -0.264 e. The van der Waals surface area contributed by atoms with Gasteiger partial charge in [0.1, 0.15) is 0 Å². The van der Waals surface area contributed by atoms with Crippen LogP contribution in [0.1, 0.15) is 17.2 Å². The first-order valence-corrected chi connectivity index (χ1v) is 8.15. The molecule has 0 bridgehead atoms. The minimum atomic E-state index is -3.77. The van der Waals surface area contributed by atoms with Crippen molar-refractivity contribution in [2.24, 2.45) is 0 Å². The monoisotopic (exact) mass is 341 g/mol. The van der Waals surface area contributed by atoms with Gasteiger partial charge < -0.3 is 0 Å². The van der Waals surface area contributed by atoms with Crippen LogP contribution in [0, 0.1) is 11.6 Å². The Hall–Kier alpha value is -1.90. The van der Waals surface area contributed by atoms with Crippen LogP contribution in [0.3, 0.4) is 0 Å². The Morgan fingerprint density at radius 1 is 1.04 bits per heavy atom. The summed E-state index contributed by atoms with van der Waals surface area (Å²) in [6.07, 6.45) is 3.04. The highest BCUT2D eigenvalue weighted by molar-refractivity contribution is 7.86. The van der Waals surface area contributed by atoms with Gasteiger partial charge >= 0.3 is 0 Å². The maximum atomic E-state index is 13.6. The lowest BCUT2D eigenvalue weighted by Gasteiger charge is -2.30. The minimum absolute atomic E-state index is 0.310. The predicted octanol–water partition coefficient (Wildman–Crippen LogP) is 2.19. The van der Waals surface area contributed by atoms with E-state index in [9.17, 15) is 17.2 Å². The Balaban J connectivity index is 2.59. The second kappa shape index (κ2) is 6.69. The number of pyridine rings is 1. The second-order valence-electron chi connectivity index (χ2n) is 5.17. The van der Waals surface area contributed by atoms with Gasteiger partial charge in [-0.3, -0.25) is 4.98 Å². The summed E-state index contributed by atoms with van der Waals surface area (Å²) in [5.74, 6) is -2.02. The van der Waals surface area contributed by atoms with Gasteiger partial charge in [0.25, 0.3) is 10.2 Å². The zero-order valence-corrected chi connectivity index (χ0v) is 13.8. The lowest BCUT2D eigenvalue weighted by atomic mass is 10.0. The summed E-state index contributed by atoms with van der Waals surface area (Å²) >= 11 is 0. The average Bonchev–Trinajstić information content (AvgIpc) is 2.51. The molecule has 0 saturated heterocycles. The van der Waals surface area contributed by atoms with E-state index in [1.807, 2.05) is 0 Å². The molecule has 23 heavy (non-hydrogen) atoms. The molecule has 5 nitrogen and oxygen atoms in total. The van der Waals surface area contributed by atoms with Crippen LogP contribution < -0.4 is 0 Å². The van der Waals surface area contributed by atoms with E-state index in [1.54, 1.807) is 18.3 Å². The second-order valence-corrected chi connectivity index (χ2v) is 7.37. The zero-order valence-electron chi connectivity index (χ0n) is 12.9. The highest BCUT2D eigenvalue weighted by Gasteiger charge is 2.31. The molecule has 0 aliphatic heterocycles. The van der Waals surface area contributed by atoms with E-state index >= 15 is 0 Å². The summed E-state index contributed by atoms with van der Waals surface area (Å²) in [7, 11) is 0.411. The SMILES string of the molecule is CN(C)S(=O)(=O)N(C)C(c1cccnc1)c1ccc(F)c(F)c1. The van der Waals surface area contributed by atoms with Gasteiger partial charge in [0.15, 0.2) is 11.6 Å². The third-order valence-electron chi connectivity index (χ3n) is 3.45. The van der Waals surface area contributed by atoms with E-state index in [2.05, 4.69) is 4.98 Å². The predicted molar refractivity (Wildman–Crippen MR) is 82.8 cm³/mol. The van der Waals surface area contributed by atoms with Crippen LogP contribution in [0.15, 0.2) is 42.7 Å². The van der Waals surface area contributed by atoms with Gasteiger partial charge in [-0.05, 0) is 29.3 Å². The number of aromatic nitrogens is 1. The number of rotatable bonds is 5. The molecule has 124 valence electrons. The molecule has 1 atom stereocenters. The molecule has 0 radical (unpaired) electrons. The molecule has 0 saturated carbocycles. The summed E-state index contributed by atoms with van der Waals surface area (Å²) in [6.45, 7) is 0. The van der Waals surface area contributed by atoms with Gasteiger partial charge in [0.05, 0.1) is 6.04 Å². The standard InChI is InChI=1S/C15H17F2N3O2S/c1-19(2)23(21,22)20(3)15(12-5-4-8-18-10-12)11-6-7-13(16)14(17)9-11/h4-10,15H,1-3H3. The van der Waals surface area contributed by atoms with Crippen molar-refractivity contribution in [1.29, 1.82) is 0 Å². The smallest absolute Gasteiger partial charge is 0.264 e. The fourth-order valence-corrected chi connectivity index (χ4v) is 3.25. The van der Waals surface area contributed by atoms with Crippen molar-refractivity contribution in [3.63, 3.8) is 0 Å². The van der Waals surface area contributed by atoms with Crippen LogP contribution in [0.4, 0.5) is 8.78 Å². The highest BCUT2D eigenvalue weighted by Crippen LogP contribution is 2.30. The normalized spacial score (nSPS) is 13.5. The average molecular weight is 341 g/mol. The Labute approximate surface area is 134 Å². The highest BCUT2D eigenvalue weighted by atomic mass is 32.2. The number of hydrogen-bond acceptors (Lipinski definition) is 3. The molecular formula is C15H17F2N3O2S. The van der Waals surface area contributed by atoms with Crippen molar-refractivity contribution >= 4 is 10.2 Å². The number of nitrogens with zero attached hydrogens (tertiary/aromatic N) is 3. The van der Waals surface area contributed by atoms with E-state index < -0.39 is 27.9 Å². The molecule has 1 heterocycles. The largest absolute Gasteiger partial charge is 0.282 e. The molecule has 0 aliphatic carbocycles. The first-order chi connectivity index (χ1) is 10.7. The van der Waals surface area contributed by atoms with E-state index in [1.165, 1.54) is 33.4 Å². The number of halogens is 2. The van der Waals surface area contributed by atoms with E-state index in [0.29, 0.717) is 11.1 Å². The molecule has 2 aromatic rings. The molecule has 0 amide bonds. The van der Waals surface area contributed by atoms with Crippen molar-refractivity contribution in [3.05, 3.63) is 65.5 Å². The van der Waals surface area contributed by atoms with Crippen LogP contribution >= 0.6 is 0 Å². The van der Waals surface area contributed by atoms with Gasteiger partial charge in [-0.15, -0.1) is 0 Å². The van der Waals surface area contributed by atoms with Crippen LogP contribution in [-0.4, -0.2) is 43.2 Å². The van der Waals surface area contributed by atoms with Crippen LogP contribution in [0.5, 0.6) is 0 Å². The first kappa shape index (κ1) is 17.5. The lowest BCUT2D eigenvalue weighted by molar-refractivity contribution is 0.377. The van der Waals surface area contributed by atoms with Gasteiger partial charge in [-0.2, -0.15) is 17.0 Å². The fraction of sp³-hybridized carbons (Fsp3) is 0.267. The summed E-state index contributed by atoms with van der Waals surface area (Å²) in [5.41, 5.74) is 0.858. The molecule has 8 heteroatoms. The molecule has 1 unspecified atom stereocenters. The Morgan fingerprint density at radius 2 is 1.74 bits per heavy atom. The van der Waals surface area contributed by atoms with Gasteiger partial charge in [0, 0.05) is 33.5 Å². The Kier molecular flexibility index (Phi) is 5.08. The molecule has 1 aromatic heterocycles. The molecule has 0 fully saturated rings. The zero-order chi connectivity index (χ0) is 17.2. The summed E-state index contributed by atoms with van der Waals surface area (Å²) in [5, 5.41) is 0. The van der Waals surface area contributed by atoms with E-state index in [-0.39, 0.29) is 0 Å². The van der Waals surface area contributed by atoms with Crippen molar-refractivity contribution in [3.8, 4) is 0 Å². The summed E-state index contributed by atoms with van der Waals surface area (Å²) in [6, 6.07) is 5.83. The molecular weight excluding hydrogens is 324 g/mol. The maximum absolute atomic E-state index is 13.6. The summed E-state index contributed by atoms with van der Waals surface area (Å²) < 4.78 is 53.8. The molecule has 0 spiro atoms. The fourth-order valence-electron chi connectivity index (χ4n) is 2.22. The quantitative estimate of drug-likeness (QED) is 0.838. The van der Waals surface area contributed by atoms with Crippen molar-refractivity contribution in [2.75, 3.05) is 21.1 Å². The van der Waals surface area contributed by atoms with Gasteiger partial charge in [-0.25, -0.2) is 8.78 Å². The summed E-state index contributed by atoms with van der Waals surface area (Å²) in [4.78, 5) is 3.98. The van der Waals surface area contributed by atoms with Crippen molar-refractivity contribution in [2.45, 2.75) is 6.04 Å². The third-order valence-corrected chi connectivity index (χ3v) is 5.31. The number of benzene rings is 1. The third kappa shape index (κ3) is 3.54. The molecule has 0 aliphatic rings. The Morgan fingerprint density at radius 3 is 2.26 bits per heavy atom. The Bertz CT molecular complexity index is 783. The van der Waals surface area contributed by atoms with E-state index in [4.69, 9.17) is 0 Å². The lowest BCUT2D eigenvalue weighted by Crippen LogP contribution is -2.40. The first-order valence-electron chi connectivity index (χ1n) is 6.75.